The molecule has 6 nitrogen and oxygen atoms in total. The maximum Gasteiger partial charge on any atom is 0.0875 e. The van der Waals surface area contributed by atoms with Gasteiger partial charge in [-0.25, -0.2) is 0 Å². The summed E-state index contributed by atoms with van der Waals surface area (Å²) in [6.45, 7) is 7.06. The highest BCUT2D eigenvalue weighted by molar-refractivity contribution is 9.10. The first-order valence-corrected chi connectivity index (χ1v) is 10.7. The van der Waals surface area contributed by atoms with E-state index in [1.54, 1.807) is 0 Å². The molecule has 0 saturated carbocycles. The summed E-state index contributed by atoms with van der Waals surface area (Å²) in [6, 6.07) is 15.5. The molecule has 0 spiro atoms. The van der Waals surface area contributed by atoms with E-state index in [2.05, 4.69) is 78.5 Å². The third kappa shape index (κ3) is 8.31. The van der Waals surface area contributed by atoms with Crippen molar-refractivity contribution in [2.24, 2.45) is 20.7 Å². The van der Waals surface area contributed by atoms with Crippen LogP contribution in [0.15, 0.2) is 90.3 Å². The van der Waals surface area contributed by atoms with Crippen molar-refractivity contribution in [1.29, 1.82) is 0 Å². The second-order valence-electron chi connectivity index (χ2n) is 5.81. The van der Waals surface area contributed by atoms with E-state index in [1.807, 2.05) is 58.5 Å². The van der Waals surface area contributed by atoms with Crippen LogP contribution < -0.4 is 0 Å². The van der Waals surface area contributed by atoms with Gasteiger partial charge < -0.3 is 0 Å². The summed E-state index contributed by atoms with van der Waals surface area (Å²) in [5.74, 6) is 0. The average molecular weight is 508 g/mol. The minimum atomic E-state index is 0.692. The van der Waals surface area contributed by atoms with Crippen molar-refractivity contribution in [2.45, 2.75) is 13.8 Å². The number of halogens is 2. The Morgan fingerprint density at radius 2 is 1.04 bits per heavy atom. The number of nitrogens with zero attached hydrogens (tertiary/aromatic N) is 6. The quantitative estimate of drug-likeness (QED) is 0.195. The molecule has 0 aliphatic rings. The van der Waals surface area contributed by atoms with Crippen molar-refractivity contribution in [1.82, 2.24) is 10.0 Å². The molecule has 8 heteroatoms. The van der Waals surface area contributed by atoms with Crippen LogP contribution >= 0.6 is 31.9 Å². The zero-order valence-electron chi connectivity index (χ0n) is 16.0. The first-order valence-electron chi connectivity index (χ1n) is 9.10. The van der Waals surface area contributed by atoms with E-state index in [1.165, 1.54) is 0 Å². The smallest absolute Gasteiger partial charge is 0.0875 e. The largest absolute Gasteiger partial charge is 0.275 e. The zero-order valence-corrected chi connectivity index (χ0v) is 19.2. The molecule has 0 bridgehead atoms. The SMILES string of the molecule is CCN(C/C=C/CN(CC)N=Nc1ccc(Br)cc1)N=Nc1ccc(Br)cc1. The molecule has 0 N–H and O–H groups in total. The van der Waals surface area contributed by atoms with Gasteiger partial charge in [-0.05, 0) is 62.4 Å². The molecule has 2 rings (SSSR count). The van der Waals surface area contributed by atoms with E-state index in [9.17, 15) is 0 Å². The van der Waals surface area contributed by atoms with Crippen molar-refractivity contribution in [3.8, 4) is 0 Å². The van der Waals surface area contributed by atoms with Crippen LogP contribution in [0.1, 0.15) is 13.8 Å². The van der Waals surface area contributed by atoms with Gasteiger partial charge in [-0.2, -0.15) is 0 Å². The van der Waals surface area contributed by atoms with Crippen LogP contribution in [0, 0.1) is 0 Å². The molecule has 0 heterocycles. The Bertz CT molecular complexity index is 720. The first kappa shape index (κ1) is 22.2. The maximum absolute atomic E-state index is 4.29. The van der Waals surface area contributed by atoms with E-state index >= 15 is 0 Å². The first-order chi connectivity index (χ1) is 13.6. The lowest BCUT2D eigenvalue weighted by Crippen LogP contribution is -2.18. The summed E-state index contributed by atoms with van der Waals surface area (Å²) < 4.78 is 2.05. The lowest BCUT2D eigenvalue weighted by atomic mass is 10.3. The normalized spacial score (nSPS) is 11.7. The molecule has 0 aliphatic heterocycles. The fourth-order valence-electron chi connectivity index (χ4n) is 2.10. The second-order valence-corrected chi connectivity index (χ2v) is 7.64. The third-order valence-electron chi connectivity index (χ3n) is 3.76. The number of rotatable bonds is 10. The highest BCUT2D eigenvalue weighted by atomic mass is 79.9. The Balaban J connectivity index is 1.82. The van der Waals surface area contributed by atoms with Gasteiger partial charge in [-0.15, -0.1) is 10.2 Å². The Morgan fingerprint density at radius 1 is 0.679 bits per heavy atom. The minimum Gasteiger partial charge on any atom is -0.275 e. The highest BCUT2D eigenvalue weighted by Crippen LogP contribution is 2.18. The van der Waals surface area contributed by atoms with E-state index in [-0.39, 0.29) is 0 Å². The second kappa shape index (κ2) is 12.4. The Hall–Kier alpha value is -2.06. The van der Waals surface area contributed by atoms with Crippen LogP contribution in [-0.2, 0) is 0 Å². The molecule has 0 fully saturated rings. The molecule has 0 aliphatic carbocycles. The van der Waals surface area contributed by atoms with Gasteiger partial charge in [0.15, 0.2) is 0 Å². The number of benzene rings is 2. The molecule has 28 heavy (non-hydrogen) atoms. The van der Waals surface area contributed by atoms with Crippen LogP contribution in [-0.4, -0.2) is 36.2 Å². The number of likely N-dealkylation sites (N-methyl/N-ethyl adjacent to an activating group) is 2. The summed E-state index contributed by atoms with van der Waals surface area (Å²) in [4.78, 5) is 0. The van der Waals surface area contributed by atoms with Crippen molar-refractivity contribution < 1.29 is 0 Å². The summed E-state index contributed by atoms with van der Waals surface area (Å²) in [6.07, 6.45) is 4.14. The molecule has 2 aromatic carbocycles. The zero-order chi connectivity index (χ0) is 20.2. The van der Waals surface area contributed by atoms with E-state index < -0.39 is 0 Å². The summed E-state index contributed by atoms with van der Waals surface area (Å²) in [5, 5.41) is 20.9. The van der Waals surface area contributed by atoms with Gasteiger partial charge in [-0.1, -0.05) is 54.5 Å². The van der Waals surface area contributed by atoms with Crippen molar-refractivity contribution >= 4 is 43.2 Å². The van der Waals surface area contributed by atoms with Gasteiger partial charge in [0, 0.05) is 22.0 Å². The molecular formula is C20H24Br2N6. The van der Waals surface area contributed by atoms with E-state index in [4.69, 9.17) is 0 Å². The standard InChI is InChI=1S/C20H24Br2N6/c1-3-27(25-23-19-11-7-17(21)8-12-19)15-5-6-16-28(4-2)26-24-20-13-9-18(22)10-14-20/h5-14H,3-4,15-16H2,1-2H3/b6-5+,25-23?,26-24?. The van der Waals surface area contributed by atoms with Crippen molar-refractivity contribution in [3.05, 3.63) is 69.6 Å². The minimum absolute atomic E-state index is 0.692. The topological polar surface area (TPSA) is 55.9 Å². The fraction of sp³-hybridized carbons (Fsp3) is 0.300. The molecule has 148 valence electrons. The monoisotopic (exact) mass is 506 g/mol. The molecule has 0 unspecified atom stereocenters. The molecule has 2 aromatic rings. The maximum atomic E-state index is 4.29. The Labute approximate surface area is 183 Å². The number of hydrogen-bond donors (Lipinski definition) is 0. The van der Waals surface area contributed by atoms with Crippen LogP contribution in [0.5, 0.6) is 0 Å². The Morgan fingerprint density at radius 3 is 1.36 bits per heavy atom. The fourth-order valence-corrected chi connectivity index (χ4v) is 2.62. The van der Waals surface area contributed by atoms with Crippen LogP contribution in [0.3, 0.4) is 0 Å². The molecule has 0 saturated heterocycles. The molecule has 0 atom stereocenters. The average Bonchev–Trinajstić information content (AvgIpc) is 2.72. The van der Waals surface area contributed by atoms with Crippen molar-refractivity contribution in [3.63, 3.8) is 0 Å². The molecular weight excluding hydrogens is 484 g/mol. The summed E-state index contributed by atoms with van der Waals surface area (Å²) in [5.41, 5.74) is 1.66. The number of hydrogen-bond acceptors (Lipinski definition) is 4. The van der Waals surface area contributed by atoms with E-state index in [0.717, 1.165) is 33.4 Å². The molecule has 0 aromatic heterocycles. The molecule has 0 amide bonds. The van der Waals surface area contributed by atoms with Crippen LogP contribution in [0.4, 0.5) is 11.4 Å². The Kier molecular flexibility index (Phi) is 9.85. The van der Waals surface area contributed by atoms with Gasteiger partial charge in [0.25, 0.3) is 0 Å². The van der Waals surface area contributed by atoms with Gasteiger partial charge in [0.1, 0.15) is 0 Å². The molecule has 0 radical (unpaired) electrons. The van der Waals surface area contributed by atoms with Crippen LogP contribution in [0.2, 0.25) is 0 Å². The van der Waals surface area contributed by atoms with Gasteiger partial charge >= 0.3 is 0 Å². The third-order valence-corrected chi connectivity index (χ3v) is 4.81. The van der Waals surface area contributed by atoms with Gasteiger partial charge in [0.05, 0.1) is 24.5 Å². The van der Waals surface area contributed by atoms with Gasteiger partial charge in [-0.3, -0.25) is 10.0 Å². The lowest BCUT2D eigenvalue weighted by Gasteiger charge is -2.14. The predicted molar refractivity (Wildman–Crippen MR) is 121 cm³/mol. The summed E-state index contributed by atoms with van der Waals surface area (Å²) >= 11 is 6.83. The van der Waals surface area contributed by atoms with Crippen LogP contribution in [0.25, 0.3) is 0 Å². The highest BCUT2D eigenvalue weighted by Gasteiger charge is 1.98. The lowest BCUT2D eigenvalue weighted by molar-refractivity contribution is 0.307. The van der Waals surface area contributed by atoms with E-state index in [0.29, 0.717) is 13.1 Å². The van der Waals surface area contributed by atoms with Crippen molar-refractivity contribution in [2.75, 3.05) is 26.2 Å². The van der Waals surface area contributed by atoms with Gasteiger partial charge in [0.2, 0.25) is 0 Å². The summed E-state index contributed by atoms with van der Waals surface area (Å²) in [7, 11) is 0. The predicted octanol–water partition coefficient (Wildman–Crippen LogP) is 7.11.